The molecule has 21 heavy (non-hydrogen) atoms. The molecule has 1 aromatic heterocycles. The van der Waals surface area contributed by atoms with E-state index in [4.69, 9.17) is 8.84 Å². The van der Waals surface area contributed by atoms with E-state index >= 15 is 0 Å². The Balaban J connectivity index is 1.93. The Morgan fingerprint density at radius 3 is 2.19 bits per heavy atom. The number of hydrogen-bond donors (Lipinski definition) is 0. The van der Waals surface area contributed by atoms with Crippen molar-refractivity contribution in [3.63, 3.8) is 0 Å². The van der Waals surface area contributed by atoms with Crippen molar-refractivity contribution in [2.75, 3.05) is 6.61 Å². The molecule has 0 aliphatic carbocycles. The zero-order chi connectivity index (χ0) is 15.8. The Labute approximate surface area is 132 Å². The van der Waals surface area contributed by atoms with Crippen LogP contribution in [0.5, 0.6) is 0 Å². The van der Waals surface area contributed by atoms with Gasteiger partial charge in [0.2, 0.25) is 0 Å². The second-order valence-corrected chi connectivity index (χ2v) is 12.4. The largest absolute Gasteiger partial charge is 0.469 e. The van der Waals surface area contributed by atoms with Crippen LogP contribution in [0, 0.1) is 0 Å². The summed E-state index contributed by atoms with van der Waals surface area (Å²) >= 11 is 0. The van der Waals surface area contributed by atoms with Crippen molar-refractivity contribution in [1.29, 1.82) is 0 Å². The summed E-state index contributed by atoms with van der Waals surface area (Å²) in [5.74, 6) is 1.12. The number of unbranched alkanes of at least 4 members (excludes halogenated alkanes) is 5. The highest BCUT2D eigenvalue weighted by molar-refractivity contribution is 6.74. The third-order valence-corrected chi connectivity index (χ3v) is 9.20. The molecule has 0 aliphatic rings. The first-order valence-electron chi connectivity index (χ1n) is 8.49. The van der Waals surface area contributed by atoms with Crippen molar-refractivity contribution in [2.24, 2.45) is 0 Å². The van der Waals surface area contributed by atoms with Gasteiger partial charge >= 0.3 is 0 Å². The molecule has 2 nitrogen and oxygen atoms in total. The maximum Gasteiger partial charge on any atom is 0.191 e. The van der Waals surface area contributed by atoms with Gasteiger partial charge in [-0.15, -0.1) is 0 Å². The van der Waals surface area contributed by atoms with Gasteiger partial charge in [-0.3, -0.25) is 0 Å². The Kier molecular flexibility index (Phi) is 7.75. The van der Waals surface area contributed by atoms with E-state index in [1.54, 1.807) is 6.26 Å². The van der Waals surface area contributed by atoms with E-state index in [1.165, 1.54) is 38.5 Å². The molecule has 0 saturated carbocycles. The third-order valence-electron chi connectivity index (χ3n) is 4.67. The Bertz CT molecular complexity index is 363. The molecule has 0 N–H and O–H groups in total. The second-order valence-electron chi connectivity index (χ2n) is 7.56. The van der Waals surface area contributed by atoms with Crippen molar-refractivity contribution in [1.82, 2.24) is 0 Å². The summed E-state index contributed by atoms with van der Waals surface area (Å²) in [5, 5.41) is 0.332. The van der Waals surface area contributed by atoms with Crippen LogP contribution in [0.2, 0.25) is 18.1 Å². The molecular formula is C18H34O2Si. The van der Waals surface area contributed by atoms with Crippen molar-refractivity contribution in [3.8, 4) is 0 Å². The van der Waals surface area contributed by atoms with Gasteiger partial charge in [0.25, 0.3) is 0 Å². The summed E-state index contributed by atoms with van der Waals surface area (Å²) in [6.07, 6.45) is 10.6. The minimum atomic E-state index is -1.53. The molecule has 1 aromatic rings. The summed E-state index contributed by atoms with van der Waals surface area (Å²) in [7, 11) is -1.53. The topological polar surface area (TPSA) is 22.4 Å². The fourth-order valence-electron chi connectivity index (χ4n) is 2.11. The summed E-state index contributed by atoms with van der Waals surface area (Å²) < 4.78 is 11.5. The van der Waals surface area contributed by atoms with E-state index in [1.807, 2.05) is 6.07 Å². The molecule has 0 spiro atoms. The molecule has 0 unspecified atom stereocenters. The first-order chi connectivity index (χ1) is 9.83. The number of furan rings is 1. The van der Waals surface area contributed by atoms with Crippen molar-refractivity contribution in [3.05, 3.63) is 24.2 Å². The van der Waals surface area contributed by atoms with Crippen LogP contribution in [0.3, 0.4) is 0 Å². The average molecular weight is 311 g/mol. The van der Waals surface area contributed by atoms with Crippen LogP contribution in [0.4, 0.5) is 0 Å². The lowest BCUT2D eigenvalue weighted by Crippen LogP contribution is -2.40. The van der Waals surface area contributed by atoms with Crippen LogP contribution in [0.1, 0.15) is 65.1 Å². The van der Waals surface area contributed by atoms with Crippen molar-refractivity contribution < 1.29 is 8.84 Å². The highest BCUT2D eigenvalue weighted by Gasteiger charge is 2.36. The van der Waals surface area contributed by atoms with Crippen LogP contribution >= 0.6 is 0 Å². The standard InChI is InChI=1S/C18H34O2Si/c1-18(2,3)21(4,5)20-16-11-9-7-6-8-10-13-17-14-12-15-19-17/h12,14-15H,6-11,13,16H2,1-5H3. The SMILES string of the molecule is CC(C)(C)[Si](C)(C)OCCCCCCCCc1ccco1. The van der Waals surface area contributed by atoms with E-state index < -0.39 is 8.32 Å². The number of aryl methyl sites for hydroxylation is 1. The van der Waals surface area contributed by atoms with Gasteiger partial charge in [0, 0.05) is 13.0 Å². The molecule has 0 radical (unpaired) electrons. The quantitative estimate of drug-likeness (QED) is 0.380. The Morgan fingerprint density at radius 2 is 1.62 bits per heavy atom. The monoisotopic (exact) mass is 310 g/mol. The maximum absolute atomic E-state index is 6.20. The molecule has 0 aliphatic heterocycles. The van der Waals surface area contributed by atoms with Gasteiger partial charge in [-0.1, -0.05) is 46.5 Å². The molecule has 3 heteroatoms. The van der Waals surface area contributed by atoms with Crippen LogP contribution in [0.25, 0.3) is 0 Å². The minimum Gasteiger partial charge on any atom is -0.469 e. The summed E-state index contributed by atoms with van der Waals surface area (Å²) in [5.41, 5.74) is 0. The lowest BCUT2D eigenvalue weighted by Gasteiger charge is -2.36. The van der Waals surface area contributed by atoms with Gasteiger partial charge in [-0.25, -0.2) is 0 Å². The minimum absolute atomic E-state index is 0.332. The fraction of sp³-hybridized carbons (Fsp3) is 0.778. The molecular weight excluding hydrogens is 276 g/mol. The van der Waals surface area contributed by atoms with Crippen LogP contribution in [-0.4, -0.2) is 14.9 Å². The van der Waals surface area contributed by atoms with Crippen LogP contribution in [0.15, 0.2) is 22.8 Å². The predicted molar refractivity (Wildman–Crippen MR) is 93.3 cm³/mol. The Hall–Kier alpha value is -0.543. The van der Waals surface area contributed by atoms with E-state index in [-0.39, 0.29) is 0 Å². The van der Waals surface area contributed by atoms with Crippen molar-refractivity contribution in [2.45, 2.75) is 83.8 Å². The molecule has 0 bridgehead atoms. The predicted octanol–water partition coefficient (Wildman–Crippen LogP) is 6.18. The first-order valence-corrected chi connectivity index (χ1v) is 11.4. The third kappa shape index (κ3) is 7.32. The average Bonchev–Trinajstić information content (AvgIpc) is 2.88. The summed E-state index contributed by atoms with van der Waals surface area (Å²) in [6, 6.07) is 4.04. The number of hydrogen-bond acceptors (Lipinski definition) is 2. The summed E-state index contributed by atoms with van der Waals surface area (Å²) in [4.78, 5) is 0. The maximum atomic E-state index is 6.20. The number of rotatable bonds is 10. The van der Waals surface area contributed by atoms with Crippen LogP contribution < -0.4 is 0 Å². The second kappa shape index (κ2) is 8.79. The van der Waals surface area contributed by atoms with Gasteiger partial charge in [-0.05, 0) is 43.1 Å². The van der Waals surface area contributed by atoms with E-state index in [9.17, 15) is 0 Å². The lowest BCUT2D eigenvalue weighted by atomic mass is 10.1. The van der Waals surface area contributed by atoms with Gasteiger partial charge in [0.05, 0.1) is 6.26 Å². The smallest absolute Gasteiger partial charge is 0.191 e. The summed E-state index contributed by atoms with van der Waals surface area (Å²) in [6.45, 7) is 12.5. The molecule has 0 atom stereocenters. The lowest BCUT2D eigenvalue weighted by molar-refractivity contribution is 0.277. The normalized spacial score (nSPS) is 12.8. The fourth-order valence-corrected chi connectivity index (χ4v) is 3.19. The highest BCUT2D eigenvalue weighted by Crippen LogP contribution is 2.36. The van der Waals surface area contributed by atoms with Crippen LogP contribution in [-0.2, 0) is 10.8 Å². The molecule has 0 amide bonds. The van der Waals surface area contributed by atoms with E-state index in [0.717, 1.165) is 18.8 Å². The molecule has 1 rings (SSSR count). The van der Waals surface area contributed by atoms with Gasteiger partial charge < -0.3 is 8.84 Å². The molecule has 0 aromatic carbocycles. The van der Waals surface area contributed by atoms with E-state index in [2.05, 4.69) is 39.9 Å². The molecule has 0 saturated heterocycles. The highest BCUT2D eigenvalue weighted by atomic mass is 28.4. The van der Waals surface area contributed by atoms with Gasteiger partial charge in [-0.2, -0.15) is 0 Å². The molecule has 122 valence electrons. The zero-order valence-electron chi connectivity index (χ0n) is 14.7. The van der Waals surface area contributed by atoms with Gasteiger partial charge in [0.15, 0.2) is 8.32 Å². The first kappa shape index (κ1) is 18.5. The Morgan fingerprint density at radius 1 is 1.00 bits per heavy atom. The molecule has 1 heterocycles. The zero-order valence-corrected chi connectivity index (χ0v) is 15.7. The van der Waals surface area contributed by atoms with Gasteiger partial charge in [0.1, 0.15) is 5.76 Å². The molecule has 0 fully saturated rings. The van der Waals surface area contributed by atoms with E-state index in [0.29, 0.717) is 5.04 Å². The van der Waals surface area contributed by atoms with Crippen molar-refractivity contribution >= 4 is 8.32 Å².